The van der Waals surface area contributed by atoms with E-state index in [2.05, 4.69) is 65.8 Å². The van der Waals surface area contributed by atoms with Crippen LogP contribution in [0.4, 0.5) is 0 Å². The molecule has 0 amide bonds. The van der Waals surface area contributed by atoms with E-state index in [0.29, 0.717) is 8.58 Å². The van der Waals surface area contributed by atoms with Crippen molar-refractivity contribution < 1.29 is 14.3 Å². The molecule has 0 saturated heterocycles. The van der Waals surface area contributed by atoms with Gasteiger partial charge in [-0.2, -0.15) is 0 Å². The summed E-state index contributed by atoms with van der Waals surface area (Å²) in [6, 6.07) is 10.8. The standard InChI is InChI=1S/C27H39O3P/c1-10-13-27(8,31-24-12-11-18(2)14-21(24)20(4)28)23-16-19(3)15-22(26(5,6)7)25(23)30-17-29-9/h11-12,14-16,31H,10,13,17H2,1-9H3. The van der Waals surface area contributed by atoms with Gasteiger partial charge in [0.2, 0.25) is 0 Å². The second-order valence-corrected chi connectivity index (χ2v) is 11.7. The molecule has 0 fully saturated rings. The van der Waals surface area contributed by atoms with E-state index >= 15 is 0 Å². The van der Waals surface area contributed by atoms with Crippen LogP contribution in [0.2, 0.25) is 0 Å². The second-order valence-electron chi connectivity index (χ2n) is 9.80. The van der Waals surface area contributed by atoms with Crippen LogP contribution < -0.4 is 10.0 Å². The van der Waals surface area contributed by atoms with Crippen LogP contribution in [0.5, 0.6) is 5.75 Å². The molecule has 31 heavy (non-hydrogen) atoms. The van der Waals surface area contributed by atoms with E-state index in [1.165, 1.54) is 16.7 Å². The molecule has 170 valence electrons. The van der Waals surface area contributed by atoms with Crippen molar-refractivity contribution in [2.75, 3.05) is 13.9 Å². The lowest BCUT2D eigenvalue weighted by Gasteiger charge is -2.35. The second kappa shape index (κ2) is 10.3. The molecule has 2 aromatic carbocycles. The average Bonchev–Trinajstić information content (AvgIpc) is 2.67. The van der Waals surface area contributed by atoms with Gasteiger partial charge in [0.15, 0.2) is 12.6 Å². The van der Waals surface area contributed by atoms with Gasteiger partial charge in [0.25, 0.3) is 0 Å². The molecule has 0 N–H and O–H groups in total. The number of ether oxygens (including phenoxy) is 2. The average molecular weight is 443 g/mol. The van der Waals surface area contributed by atoms with Crippen LogP contribution in [0, 0.1) is 13.8 Å². The number of carbonyl (C=O) groups excluding carboxylic acids is 1. The normalized spacial score (nSPS) is 14.1. The van der Waals surface area contributed by atoms with Crippen LogP contribution in [0.15, 0.2) is 30.3 Å². The zero-order chi connectivity index (χ0) is 23.4. The van der Waals surface area contributed by atoms with Crippen molar-refractivity contribution >= 4 is 19.7 Å². The Morgan fingerprint density at radius 1 is 1.00 bits per heavy atom. The largest absolute Gasteiger partial charge is 0.467 e. The highest BCUT2D eigenvalue weighted by Crippen LogP contribution is 2.51. The smallest absolute Gasteiger partial charge is 0.188 e. The van der Waals surface area contributed by atoms with Crippen molar-refractivity contribution in [3.05, 3.63) is 58.1 Å². The molecule has 3 nitrogen and oxygen atoms in total. The maximum Gasteiger partial charge on any atom is 0.188 e. The van der Waals surface area contributed by atoms with Gasteiger partial charge in [-0.25, -0.2) is 0 Å². The van der Waals surface area contributed by atoms with E-state index in [-0.39, 0.29) is 23.1 Å². The third kappa shape index (κ3) is 6.18. The minimum atomic E-state index is -0.150. The maximum absolute atomic E-state index is 12.4. The van der Waals surface area contributed by atoms with Gasteiger partial charge in [0.05, 0.1) is 0 Å². The van der Waals surface area contributed by atoms with Gasteiger partial charge in [0.1, 0.15) is 5.75 Å². The highest BCUT2D eigenvalue weighted by atomic mass is 31.1. The third-order valence-electron chi connectivity index (χ3n) is 5.67. The van der Waals surface area contributed by atoms with E-state index in [0.717, 1.165) is 35.0 Å². The Kier molecular flexibility index (Phi) is 8.47. The Morgan fingerprint density at radius 2 is 1.65 bits per heavy atom. The SMILES string of the molecule is CCCC(C)(Pc1ccc(C)cc1C(C)=O)c1cc(C)cc(C(C)(C)C)c1OCOC. The summed E-state index contributed by atoms with van der Waals surface area (Å²) in [6.45, 7) is 17.3. The maximum atomic E-state index is 12.4. The third-order valence-corrected chi connectivity index (χ3v) is 7.45. The lowest BCUT2D eigenvalue weighted by molar-refractivity contribution is 0.0486. The summed E-state index contributed by atoms with van der Waals surface area (Å²) in [5.41, 5.74) is 5.53. The van der Waals surface area contributed by atoms with Crippen molar-refractivity contribution in [2.24, 2.45) is 0 Å². The summed E-state index contributed by atoms with van der Waals surface area (Å²) in [5.74, 6) is 1.06. The molecule has 0 radical (unpaired) electrons. The molecule has 0 aliphatic heterocycles. The van der Waals surface area contributed by atoms with E-state index in [4.69, 9.17) is 9.47 Å². The number of carbonyl (C=O) groups is 1. The first-order valence-electron chi connectivity index (χ1n) is 11.1. The van der Waals surface area contributed by atoms with Crippen LogP contribution in [-0.2, 0) is 15.3 Å². The number of ketones is 1. The van der Waals surface area contributed by atoms with Gasteiger partial charge in [-0.15, -0.1) is 0 Å². The fourth-order valence-corrected chi connectivity index (χ4v) is 5.97. The molecule has 0 aliphatic rings. The number of Topliss-reactive ketones (excluding diaryl/α,β-unsaturated/α-hetero) is 1. The minimum Gasteiger partial charge on any atom is -0.467 e. The quantitative estimate of drug-likeness (QED) is 0.243. The lowest BCUT2D eigenvalue weighted by Crippen LogP contribution is -2.25. The lowest BCUT2D eigenvalue weighted by atomic mass is 9.81. The van der Waals surface area contributed by atoms with Crippen LogP contribution in [0.1, 0.15) is 87.0 Å². The molecule has 2 unspecified atom stereocenters. The van der Waals surface area contributed by atoms with E-state index in [1.807, 2.05) is 13.0 Å². The first kappa shape index (κ1) is 25.6. The number of benzene rings is 2. The summed E-state index contributed by atoms with van der Waals surface area (Å²) in [6.07, 6.45) is 2.06. The van der Waals surface area contributed by atoms with Gasteiger partial charge >= 0.3 is 0 Å². The highest BCUT2D eigenvalue weighted by Gasteiger charge is 2.34. The molecular formula is C27H39O3P. The number of hydrogen-bond acceptors (Lipinski definition) is 3. The van der Waals surface area contributed by atoms with Crippen molar-refractivity contribution in [1.82, 2.24) is 0 Å². The first-order valence-corrected chi connectivity index (χ1v) is 12.1. The summed E-state index contributed by atoms with van der Waals surface area (Å²) >= 11 is 0. The molecule has 2 atom stereocenters. The molecule has 2 aromatic rings. The summed E-state index contributed by atoms with van der Waals surface area (Å²) < 4.78 is 11.5. The zero-order valence-electron chi connectivity index (χ0n) is 20.7. The van der Waals surface area contributed by atoms with Gasteiger partial charge in [-0.3, -0.25) is 4.79 Å². The molecule has 0 heterocycles. The molecule has 4 heteroatoms. The summed E-state index contributed by atoms with van der Waals surface area (Å²) in [4.78, 5) is 12.4. The van der Waals surface area contributed by atoms with Crippen LogP contribution in [0.3, 0.4) is 0 Å². The van der Waals surface area contributed by atoms with Crippen molar-refractivity contribution in [2.45, 2.75) is 78.8 Å². The Morgan fingerprint density at radius 3 is 2.19 bits per heavy atom. The number of methoxy groups -OCH3 is 1. The Balaban J connectivity index is 2.73. The highest BCUT2D eigenvalue weighted by molar-refractivity contribution is 7.48. The Labute approximate surface area is 190 Å². The van der Waals surface area contributed by atoms with E-state index in [9.17, 15) is 4.79 Å². The van der Waals surface area contributed by atoms with Gasteiger partial charge in [-0.1, -0.05) is 85.0 Å². The molecule has 0 spiro atoms. The number of aryl methyl sites for hydroxylation is 2. The van der Waals surface area contributed by atoms with Gasteiger partial charge < -0.3 is 9.47 Å². The molecule has 0 bridgehead atoms. The Hall–Kier alpha value is -1.70. The van der Waals surface area contributed by atoms with E-state index < -0.39 is 0 Å². The molecule has 0 aliphatic carbocycles. The molecule has 0 aromatic heterocycles. The first-order chi connectivity index (χ1) is 14.4. The Bertz CT molecular complexity index is 927. The van der Waals surface area contributed by atoms with Gasteiger partial charge in [0, 0.05) is 29.0 Å². The van der Waals surface area contributed by atoms with Crippen LogP contribution in [0.25, 0.3) is 0 Å². The van der Waals surface area contributed by atoms with E-state index in [1.54, 1.807) is 14.0 Å². The van der Waals surface area contributed by atoms with Crippen molar-refractivity contribution in [3.63, 3.8) is 0 Å². The summed E-state index contributed by atoms with van der Waals surface area (Å²) in [7, 11) is 2.11. The molecular weight excluding hydrogens is 403 g/mol. The van der Waals surface area contributed by atoms with Crippen molar-refractivity contribution in [3.8, 4) is 5.75 Å². The fraction of sp³-hybridized carbons (Fsp3) is 0.519. The number of hydrogen-bond donors (Lipinski definition) is 0. The predicted octanol–water partition coefficient (Wildman–Crippen LogP) is 6.81. The number of rotatable bonds is 9. The van der Waals surface area contributed by atoms with Crippen molar-refractivity contribution in [1.29, 1.82) is 0 Å². The van der Waals surface area contributed by atoms with Crippen LogP contribution in [-0.4, -0.2) is 19.7 Å². The minimum absolute atomic E-state index is 0.0610. The van der Waals surface area contributed by atoms with Gasteiger partial charge in [-0.05, 0) is 44.0 Å². The zero-order valence-corrected chi connectivity index (χ0v) is 21.7. The monoisotopic (exact) mass is 442 g/mol. The van der Waals surface area contributed by atoms with Crippen LogP contribution >= 0.6 is 8.58 Å². The topological polar surface area (TPSA) is 35.5 Å². The summed E-state index contributed by atoms with van der Waals surface area (Å²) in [5, 5.41) is 0.981. The fourth-order valence-electron chi connectivity index (χ4n) is 4.13. The molecule has 0 saturated carbocycles. The molecule has 2 rings (SSSR count). The predicted molar refractivity (Wildman–Crippen MR) is 134 cm³/mol.